The van der Waals surface area contributed by atoms with Gasteiger partial charge in [0.1, 0.15) is 32.7 Å². The molecule has 3 rings (SSSR count). The summed E-state index contributed by atoms with van der Waals surface area (Å²) in [5.41, 5.74) is 2.50. The largest absolute Gasteiger partial charge is 0.337 e. The molecule has 1 heterocycles. The summed E-state index contributed by atoms with van der Waals surface area (Å²) in [7, 11) is 1.90. The molecule has 0 spiro atoms. The Labute approximate surface area is 161 Å². The van der Waals surface area contributed by atoms with Crippen LogP contribution >= 0.6 is 11.6 Å². The monoisotopic (exact) mass is 373 g/mol. The van der Waals surface area contributed by atoms with E-state index in [4.69, 9.17) is 11.6 Å². The Balaban J connectivity index is 1.41. The maximum atomic E-state index is 12.5. The highest BCUT2D eigenvalue weighted by atomic mass is 35.5. The highest BCUT2D eigenvalue weighted by Crippen LogP contribution is 2.08. The number of rotatable bonds is 6. The van der Waals surface area contributed by atoms with Crippen molar-refractivity contribution in [1.82, 2.24) is 4.90 Å². The molecule has 2 aromatic rings. The molecule has 0 saturated carbocycles. The minimum Gasteiger partial charge on any atom is -0.337 e. The molecule has 138 valence electrons. The molecule has 1 saturated heterocycles. The Morgan fingerprint density at radius 2 is 1.54 bits per heavy atom. The molecular weight excluding hydrogens is 346 g/mol. The smallest absolute Gasteiger partial charge is 0.277 e. The molecule has 0 bridgehead atoms. The summed E-state index contributed by atoms with van der Waals surface area (Å²) < 4.78 is 0. The van der Waals surface area contributed by atoms with Crippen molar-refractivity contribution >= 4 is 17.5 Å². The highest BCUT2D eigenvalue weighted by Gasteiger charge is 2.26. The average Bonchev–Trinajstić information content (AvgIpc) is 2.66. The number of nitrogens with zero attached hydrogens (tertiary/aromatic N) is 1. The van der Waals surface area contributed by atoms with Crippen molar-refractivity contribution < 1.29 is 14.6 Å². The summed E-state index contributed by atoms with van der Waals surface area (Å²) >= 11 is 5.95. The molecule has 1 fully saturated rings. The van der Waals surface area contributed by atoms with E-state index in [1.54, 1.807) is 4.90 Å². The maximum Gasteiger partial charge on any atom is 0.277 e. The standard InChI is InChI=1S/C21H26ClN3O/c1-23(15-18-5-3-2-4-6-18)21(26)17-25-13-11-24(12-14-25)16-19-7-9-20(22)10-8-19/h2-10H,11-17H2,1H3/p+2. The van der Waals surface area contributed by atoms with Gasteiger partial charge in [-0.15, -0.1) is 0 Å². The predicted octanol–water partition coefficient (Wildman–Crippen LogP) is 0.282. The molecule has 0 aromatic heterocycles. The van der Waals surface area contributed by atoms with Crippen molar-refractivity contribution in [3.63, 3.8) is 0 Å². The summed E-state index contributed by atoms with van der Waals surface area (Å²) in [5, 5.41) is 0.788. The molecule has 2 aromatic carbocycles. The number of amides is 1. The number of halogens is 1. The van der Waals surface area contributed by atoms with Crippen LogP contribution < -0.4 is 9.80 Å². The van der Waals surface area contributed by atoms with Gasteiger partial charge in [0.05, 0.1) is 0 Å². The van der Waals surface area contributed by atoms with Crippen molar-refractivity contribution in [3.05, 3.63) is 70.7 Å². The van der Waals surface area contributed by atoms with Crippen molar-refractivity contribution in [2.24, 2.45) is 0 Å². The fourth-order valence-corrected chi connectivity index (χ4v) is 3.62. The maximum absolute atomic E-state index is 12.5. The molecule has 26 heavy (non-hydrogen) atoms. The van der Waals surface area contributed by atoms with Crippen LogP contribution in [-0.4, -0.2) is 50.6 Å². The Morgan fingerprint density at radius 1 is 0.923 bits per heavy atom. The van der Waals surface area contributed by atoms with Crippen LogP contribution in [0.5, 0.6) is 0 Å². The van der Waals surface area contributed by atoms with Gasteiger partial charge in [-0.05, 0) is 17.7 Å². The van der Waals surface area contributed by atoms with Gasteiger partial charge in [-0.2, -0.15) is 0 Å². The molecule has 1 aliphatic heterocycles. The van der Waals surface area contributed by atoms with Crippen LogP contribution in [0, 0.1) is 0 Å². The van der Waals surface area contributed by atoms with Crippen LogP contribution in [0.4, 0.5) is 0 Å². The molecule has 4 nitrogen and oxygen atoms in total. The van der Waals surface area contributed by atoms with Crippen molar-refractivity contribution in [2.75, 3.05) is 39.8 Å². The molecular formula is C21H28ClN3O+2. The summed E-state index contributed by atoms with van der Waals surface area (Å²) in [6.45, 7) is 6.62. The SMILES string of the molecule is CN(Cc1ccccc1)C(=O)C[NH+]1CC[NH+](Cc2ccc(Cl)cc2)CC1. The number of nitrogens with one attached hydrogen (secondary N) is 2. The molecule has 0 radical (unpaired) electrons. The van der Waals surface area contributed by atoms with E-state index in [2.05, 4.69) is 24.3 Å². The number of hydrogen-bond donors (Lipinski definition) is 2. The Bertz CT molecular complexity index is 697. The van der Waals surface area contributed by atoms with Crippen LogP contribution in [-0.2, 0) is 17.9 Å². The first kappa shape index (κ1) is 18.9. The number of piperazine rings is 1. The van der Waals surface area contributed by atoms with E-state index in [0.717, 1.165) is 37.7 Å². The zero-order valence-corrected chi connectivity index (χ0v) is 16.1. The first-order valence-electron chi connectivity index (χ1n) is 9.29. The molecule has 0 atom stereocenters. The van der Waals surface area contributed by atoms with Crippen molar-refractivity contribution in [3.8, 4) is 0 Å². The van der Waals surface area contributed by atoms with Crippen LogP contribution in [0.15, 0.2) is 54.6 Å². The van der Waals surface area contributed by atoms with Crippen LogP contribution in [0.1, 0.15) is 11.1 Å². The third-order valence-corrected chi connectivity index (χ3v) is 5.37. The second-order valence-corrected chi connectivity index (χ2v) is 7.65. The van der Waals surface area contributed by atoms with E-state index in [-0.39, 0.29) is 5.91 Å². The van der Waals surface area contributed by atoms with Gasteiger partial charge in [0.2, 0.25) is 0 Å². The fourth-order valence-electron chi connectivity index (χ4n) is 3.50. The zero-order valence-electron chi connectivity index (χ0n) is 15.4. The lowest BCUT2D eigenvalue weighted by atomic mass is 10.2. The molecule has 0 aliphatic carbocycles. The van der Waals surface area contributed by atoms with Crippen LogP contribution in [0.2, 0.25) is 5.02 Å². The van der Waals surface area contributed by atoms with Gasteiger partial charge in [0, 0.05) is 24.2 Å². The summed E-state index contributed by atoms with van der Waals surface area (Å²) in [6.07, 6.45) is 0. The van der Waals surface area contributed by atoms with Crippen molar-refractivity contribution in [2.45, 2.75) is 13.1 Å². The quantitative estimate of drug-likeness (QED) is 0.748. The van der Waals surface area contributed by atoms with Crippen LogP contribution in [0.3, 0.4) is 0 Å². The van der Waals surface area contributed by atoms with Crippen LogP contribution in [0.25, 0.3) is 0 Å². The van der Waals surface area contributed by atoms with Crippen molar-refractivity contribution in [1.29, 1.82) is 0 Å². The second-order valence-electron chi connectivity index (χ2n) is 7.22. The number of hydrogen-bond acceptors (Lipinski definition) is 1. The average molecular weight is 374 g/mol. The van der Waals surface area contributed by atoms with E-state index >= 15 is 0 Å². The fraction of sp³-hybridized carbons (Fsp3) is 0.381. The molecule has 0 unspecified atom stereocenters. The predicted molar refractivity (Wildman–Crippen MR) is 104 cm³/mol. The minimum atomic E-state index is 0.227. The van der Waals surface area contributed by atoms with E-state index < -0.39 is 0 Å². The van der Waals surface area contributed by atoms with E-state index in [1.165, 1.54) is 16.0 Å². The van der Waals surface area contributed by atoms with Gasteiger partial charge < -0.3 is 14.7 Å². The highest BCUT2D eigenvalue weighted by molar-refractivity contribution is 6.30. The summed E-state index contributed by atoms with van der Waals surface area (Å²) in [4.78, 5) is 17.3. The first-order valence-corrected chi connectivity index (χ1v) is 9.67. The number of carbonyl (C=O) groups excluding carboxylic acids is 1. The minimum absolute atomic E-state index is 0.227. The molecule has 1 amide bonds. The number of likely N-dealkylation sites (N-methyl/N-ethyl adjacent to an activating group) is 1. The van der Waals surface area contributed by atoms with Gasteiger partial charge in [0.15, 0.2) is 6.54 Å². The number of quaternary nitrogens is 2. The van der Waals surface area contributed by atoms with Gasteiger partial charge >= 0.3 is 0 Å². The van der Waals surface area contributed by atoms with E-state index in [9.17, 15) is 4.79 Å². The third-order valence-electron chi connectivity index (χ3n) is 5.12. The third kappa shape index (κ3) is 5.56. The lowest BCUT2D eigenvalue weighted by Crippen LogP contribution is -3.28. The van der Waals surface area contributed by atoms with Gasteiger partial charge in [-0.25, -0.2) is 0 Å². The first-order chi connectivity index (χ1) is 12.6. The second kappa shape index (κ2) is 9.17. The Kier molecular flexibility index (Phi) is 6.67. The Morgan fingerprint density at radius 3 is 2.19 bits per heavy atom. The Hall–Kier alpha value is -1.88. The number of benzene rings is 2. The van der Waals surface area contributed by atoms with Gasteiger partial charge in [-0.1, -0.05) is 54.1 Å². The van der Waals surface area contributed by atoms with Gasteiger partial charge in [0.25, 0.3) is 5.91 Å². The normalized spacial score (nSPS) is 19.9. The van der Waals surface area contributed by atoms with E-state index in [0.29, 0.717) is 13.1 Å². The van der Waals surface area contributed by atoms with Gasteiger partial charge in [-0.3, -0.25) is 4.79 Å². The molecule has 1 aliphatic rings. The lowest BCUT2D eigenvalue weighted by molar-refractivity contribution is -1.02. The zero-order chi connectivity index (χ0) is 18.4. The van der Waals surface area contributed by atoms with E-state index in [1.807, 2.05) is 42.3 Å². The topological polar surface area (TPSA) is 29.2 Å². The summed E-state index contributed by atoms with van der Waals surface area (Å²) in [5.74, 6) is 0.227. The number of carbonyl (C=O) groups is 1. The molecule has 2 N–H and O–H groups in total. The lowest BCUT2D eigenvalue weighted by Gasteiger charge is -2.30. The summed E-state index contributed by atoms with van der Waals surface area (Å²) in [6, 6.07) is 18.3. The molecule has 5 heteroatoms.